The fourth-order valence-electron chi connectivity index (χ4n) is 2.94. The molecular weight excluding hydrogens is 445 g/mol. The van der Waals surface area contributed by atoms with Crippen LogP contribution in [0.4, 0.5) is 15.2 Å². The van der Waals surface area contributed by atoms with E-state index in [0.29, 0.717) is 16.4 Å². The molecule has 0 aliphatic heterocycles. The fourth-order valence-corrected chi connectivity index (χ4v) is 4.56. The van der Waals surface area contributed by atoms with Crippen LogP contribution >= 0.6 is 23.1 Å². The molecule has 0 aliphatic rings. The van der Waals surface area contributed by atoms with Gasteiger partial charge in [-0.25, -0.2) is 9.37 Å². The number of anilines is 2. The van der Waals surface area contributed by atoms with E-state index >= 15 is 0 Å². The molecule has 1 aromatic heterocycles. The van der Waals surface area contributed by atoms with Gasteiger partial charge in [0.25, 0.3) is 5.91 Å². The highest BCUT2D eigenvalue weighted by Crippen LogP contribution is 2.37. The third-order valence-corrected chi connectivity index (χ3v) is 6.39. The topological polar surface area (TPSA) is 71.1 Å². The van der Waals surface area contributed by atoms with E-state index in [1.165, 1.54) is 47.4 Å². The molecule has 2 amide bonds. The number of amides is 2. The van der Waals surface area contributed by atoms with Crippen LogP contribution in [-0.4, -0.2) is 16.8 Å². The average Bonchev–Trinajstić information content (AvgIpc) is 3.31. The number of nitrogens with one attached hydrogen (secondary N) is 2. The number of hydrogen-bond donors (Lipinski definition) is 2. The zero-order chi connectivity index (χ0) is 22.3. The number of aromatic nitrogens is 1. The van der Waals surface area contributed by atoms with Crippen LogP contribution in [0.3, 0.4) is 0 Å². The van der Waals surface area contributed by atoms with Crippen LogP contribution in [0.1, 0.15) is 21.2 Å². The van der Waals surface area contributed by atoms with Gasteiger partial charge in [-0.05, 0) is 48.0 Å². The molecule has 4 rings (SSSR count). The van der Waals surface area contributed by atoms with Crippen molar-refractivity contribution in [3.8, 4) is 0 Å². The highest BCUT2D eigenvalue weighted by molar-refractivity contribution is 8.00. The Bertz CT molecular complexity index is 1200. The Morgan fingerprint density at radius 3 is 2.44 bits per heavy atom. The Labute approximate surface area is 192 Å². The first-order valence-electron chi connectivity index (χ1n) is 9.67. The van der Waals surface area contributed by atoms with E-state index in [1.807, 2.05) is 42.5 Å². The summed E-state index contributed by atoms with van der Waals surface area (Å²) in [5.74, 6) is -0.923. The maximum absolute atomic E-state index is 13.1. The molecule has 1 heterocycles. The summed E-state index contributed by atoms with van der Waals surface area (Å²) < 4.78 is 13.1. The van der Waals surface area contributed by atoms with Crippen LogP contribution in [0.25, 0.3) is 0 Å². The molecule has 5 nitrogen and oxygen atoms in total. The first kappa shape index (κ1) is 21.7. The summed E-state index contributed by atoms with van der Waals surface area (Å²) in [4.78, 5) is 30.4. The first-order chi connectivity index (χ1) is 15.6. The molecule has 4 aromatic rings. The maximum Gasteiger partial charge on any atom is 0.255 e. The van der Waals surface area contributed by atoms with Crippen LogP contribution in [-0.2, 0) is 4.79 Å². The van der Waals surface area contributed by atoms with Gasteiger partial charge in [-0.1, -0.05) is 36.4 Å². The van der Waals surface area contributed by atoms with Crippen LogP contribution < -0.4 is 10.6 Å². The molecule has 2 N–H and O–H groups in total. The average molecular weight is 464 g/mol. The highest BCUT2D eigenvalue weighted by atomic mass is 32.2. The van der Waals surface area contributed by atoms with Crippen LogP contribution in [0.2, 0.25) is 0 Å². The van der Waals surface area contributed by atoms with Crippen LogP contribution in [0.5, 0.6) is 0 Å². The lowest BCUT2D eigenvalue weighted by Gasteiger charge is -2.17. The van der Waals surface area contributed by atoms with Gasteiger partial charge in [-0.3, -0.25) is 9.59 Å². The number of thioether (sulfide) groups is 1. The Morgan fingerprint density at radius 1 is 0.938 bits per heavy atom. The number of carbonyl (C=O) groups is 2. The highest BCUT2D eigenvalue weighted by Gasteiger charge is 2.23. The van der Waals surface area contributed by atoms with Gasteiger partial charge in [0.2, 0.25) is 5.91 Å². The minimum Gasteiger partial charge on any atom is -0.322 e. The molecule has 32 heavy (non-hydrogen) atoms. The van der Waals surface area contributed by atoms with Crippen molar-refractivity contribution in [1.82, 2.24) is 4.98 Å². The second-order valence-corrected chi connectivity index (χ2v) is 8.80. The molecule has 0 aliphatic carbocycles. The maximum atomic E-state index is 13.1. The van der Waals surface area contributed by atoms with E-state index in [2.05, 4.69) is 15.6 Å². The van der Waals surface area contributed by atoms with E-state index in [0.717, 1.165) is 10.5 Å². The van der Waals surface area contributed by atoms with Crippen molar-refractivity contribution in [2.24, 2.45) is 0 Å². The summed E-state index contributed by atoms with van der Waals surface area (Å²) in [5, 5.41) is 7.50. The Balaban J connectivity index is 1.52. The third kappa shape index (κ3) is 5.60. The van der Waals surface area contributed by atoms with Gasteiger partial charge in [0.15, 0.2) is 5.13 Å². The molecular formula is C24H18FN3O2S2. The van der Waals surface area contributed by atoms with Gasteiger partial charge in [0.1, 0.15) is 11.1 Å². The normalized spacial score (nSPS) is 11.5. The SMILES string of the molecule is O=C(Nc1cccc(SC(C(=O)Nc2nccs2)c2ccccc2)c1)c1ccc(F)cc1. The van der Waals surface area contributed by atoms with Crippen molar-refractivity contribution in [2.75, 3.05) is 10.6 Å². The first-order valence-corrected chi connectivity index (χ1v) is 11.4. The monoisotopic (exact) mass is 463 g/mol. The number of rotatable bonds is 7. The fraction of sp³-hybridized carbons (Fsp3) is 0.0417. The van der Waals surface area contributed by atoms with Crippen molar-refractivity contribution in [2.45, 2.75) is 10.1 Å². The van der Waals surface area contributed by atoms with Gasteiger partial charge >= 0.3 is 0 Å². The van der Waals surface area contributed by atoms with Crippen molar-refractivity contribution < 1.29 is 14.0 Å². The van der Waals surface area contributed by atoms with E-state index < -0.39 is 11.1 Å². The van der Waals surface area contributed by atoms with E-state index in [1.54, 1.807) is 23.7 Å². The zero-order valence-electron chi connectivity index (χ0n) is 16.7. The summed E-state index contributed by atoms with van der Waals surface area (Å²) in [6.07, 6.45) is 1.64. The number of nitrogens with zero attached hydrogens (tertiary/aromatic N) is 1. The minimum atomic E-state index is -0.511. The number of thiazole rings is 1. The molecule has 0 saturated heterocycles. The molecule has 0 radical (unpaired) electrons. The number of hydrogen-bond acceptors (Lipinski definition) is 5. The number of halogens is 1. The summed E-state index contributed by atoms with van der Waals surface area (Å²) in [5.41, 5.74) is 1.79. The molecule has 3 aromatic carbocycles. The van der Waals surface area contributed by atoms with Crippen molar-refractivity contribution >= 4 is 45.7 Å². The van der Waals surface area contributed by atoms with E-state index in [9.17, 15) is 14.0 Å². The molecule has 0 spiro atoms. The van der Waals surface area contributed by atoms with Gasteiger partial charge in [0.05, 0.1) is 0 Å². The smallest absolute Gasteiger partial charge is 0.255 e. The minimum absolute atomic E-state index is 0.183. The molecule has 160 valence electrons. The molecule has 0 bridgehead atoms. The quantitative estimate of drug-likeness (QED) is 0.330. The summed E-state index contributed by atoms with van der Waals surface area (Å²) in [6, 6.07) is 22.1. The Kier molecular flexibility index (Phi) is 6.94. The van der Waals surface area contributed by atoms with Gasteiger partial charge in [-0.15, -0.1) is 23.1 Å². The van der Waals surface area contributed by atoms with Gasteiger partial charge in [0, 0.05) is 27.7 Å². The third-order valence-electron chi connectivity index (χ3n) is 4.46. The number of carbonyl (C=O) groups excluding carboxylic acids is 2. The van der Waals surface area contributed by atoms with Gasteiger partial charge < -0.3 is 10.6 Å². The summed E-state index contributed by atoms with van der Waals surface area (Å²) >= 11 is 2.73. The van der Waals surface area contributed by atoms with Crippen molar-refractivity contribution in [3.63, 3.8) is 0 Å². The molecule has 0 fully saturated rings. The van der Waals surface area contributed by atoms with Crippen LogP contribution in [0, 0.1) is 5.82 Å². The summed E-state index contributed by atoms with van der Waals surface area (Å²) in [7, 11) is 0. The van der Waals surface area contributed by atoms with E-state index in [4.69, 9.17) is 0 Å². The predicted molar refractivity (Wildman–Crippen MR) is 127 cm³/mol. The van der Waals surface area contributed by atoms with E-state index in [-0.39, 0.29) is 11.8 Å². The molecule has 1 unspecified atom stereocenters. The molecule has 1 atom stereocenters. The Hall–Kier alpha value is -3.49. The van der Waals surface area contributed by atoms with Crippen molar-refractivity contribution in [1.29, 1.82) is 0 Å². The Morgan fingerprint density at radius 2 is 1.72 bits per heavy atom. The van der Waals surface area contributed by atoms with Crippen molar-refractivity contribution in [3.05, 3.63) is 107 Å². The lowest BCUT2D eigenvalue weighted by molar-refractivity contribution is -0.115. The summed E-state index contributed by atoms with van der Waals surface area (Å²) in [6.45, 7) is 0. The molecule has 8 heteroatoms. The second-order valence-electron chi connectivity index (χ2n) is 6.72. The largest absolute Gasteiger partial charge is 0.322 e. The predicted octanol–water partition coefficient (Wildman–Crippen LogP) is 6.01. The zero-order valence-corrected chi connectivity index (χ0v) is 18.3. The lowest BCUT2D eigenvalue weighted by Crippen LogP contribution is -2.19. The van der Waals surface area contributed by atoms with Crippen LogP contribution in [0.15, 0.2) is 95.3 Å². The standard InChI is InChI=1S/C24H18FN3O2S2/c25-18-11-9-17(10-12-18)22(29)27-19-7-4-8-20(15-19)32-21(16-5-2-1-3-6-16)23(30)28-24-26-13-14-31-24/h1-15,21H,(H,27,29)(H,26,28,30). The van der Waals surface area contributed by atoms with Gasteiger partial charge in [-0.2, -0.15) is 0 Å². The number of benzene rings is 3. The lowest BCUT2D eigenvalue weighted by atomic mass is 10.1. The second kappa shape index (κ2) is 10.2. The molecule has 0 saturated carbocycles.